The van der Waals surface area contributed by atoms with Crippen molar-refractivity contribution in [3.8, 4) is 5.75 Å². The van der Waals surface area contributed by atoms with Gasteiger partial charge in [0.05, 0.1) is 20.3 Å². The van der Waals surface area contributed by atoms with Crippen LogP contribution in [0.3, 0.4) is 0 Å². The third kappa shape index (κ3) is 7.69. The van der Waals surface area contributed by atoms with Gasteiger partial charge in [0.1, 0.15) is 21.5 Å². The van der Waals surface area contributed by atoms with E-state index in [1.165, 1.54) is 17.8 Å². The van der Waals surface area contributed by atoms with Crippen LogP contribution < -0.4 is 15.4 Å². The molecule has 8 nitrogen and oxygen atoms in total. The average molecular weight is 538 g/mol. The molecule has 192 valence electrons. The first kappa shape index (κ1) is 26.5. The van der Waals surface area contributed by atoms with Gasteiger partial charge in [0.25, 0.3) is 11.8 Å². The van der Waals surface area contributed by atoms with E-state index in [2.05, 4.69) is 15.5 Å². The minimum Gasteiger partial charge on any atom is -0.497 e. The number of rotatable bonds is 8. The van der Waals surface area contributed by atoms with Crippen molar-refractivity contribution in [3.63, 3.8) is 0 Å². The molecule has 0 spiro atoms. The maximum Gasteiger partial charge on any atom is 0.268 e. The van der Waals surface area contributed by atoms with Crippen LogP contribution >= 0.6 is 24.0 Å². The molecule has 0 bridgehead atoms. The largest absolute Gasteiger partial charge is 0.497 e. The monoisotopic (exact) mass is 537 g/mol. The molecule has 3 aromatic rings. The number of carbonyl (C=O) groups is 2. The molecule has 2 amide bonds. The molecule has 0 atom stereocenters. The highest BCUT2D eigenvalue weighted by Crippen LogP contribution is 2.26. The molecule has 2 N–H and O–H groups in total. The highest BCUT2D eigenvalue weighted by atomic mass is 32.2. The third-order valence-electron chi connectivity index (χ3n) is 5.46. The van der Waals surface area contributed by atoms with E-state index in [1.807, 2.05) is 30.3 Å². The summed E-state index contributed by atoms with van der Waals surface area (Å²) in [5, 5.41) is 6.15. The zero-order valence-corrected chi connectivity index (χ0v) is 21.9. The minimum absolute atomic E-state index is 0.0541. The third-order valence-corrected chi connectivity index (χ3v) is 6.82. The van der Waals surface area contributed by atoms with E-state index in [9.17, 15) is 9.59 Å². The van der Waals surface area contributed by atoms with Crippen LogP contribution in [0.1, 0.15) is 21.7 Å². The normalized spacial score (nSPS) is 13.6. The Kier molecular flexibility index (Phi) is 9.36. The van der Waals surface area contributed by atoms with Crippen molar-refractivity contribution in [3.05, 3.63) is 89.3 Å². The van der Waals surface area contributed by atoms with Crippen LogP contribution in [0.2, 0.25) is 0 Å². The van der Waals surface area contributed by atoms with Gasteiger partial charge in [0.2, 0.25) is 0 Å². The molecule has 0 aliphatic carbocycles. The number of thioether (sulfide) groups is 1. The number of morpholine rings is 1. The number of furan rings is 1. The Morgan fingerprint density at radius 2 is 1.86 bits per heavy atom. The van der Waals surface area contributed by atoms with Crippen molar-refractivity contribution >= 4 is 46.2 Å². The Balaban J connectivity index is 1.49. The van der Waals surface area contributed by atoms with Gasteiger partial charge in [-0.3, -0.25) is 9.59 Å². The Bertz CT molecular complexity index is 1270. The van der Waals surface area contributed by atoms with Gasteiger partial charge in [-0.25, -0.2) is 0 Å². The number of nitrogens with one attached hydrogen (secondary N) is 2. The van der Waals surface area contributed by atoms with Crippen LogP contribution in [-0.2, 0) is 16.1 Å². The topological polar surface area (TPSA) is 93.0 Å². The first-order valence-electron chi connectivity index (χ1n) is 11.7. The predicted molar refractivity (Wildman–Crippen MR) is 146 cm³/mol. The van der Waals surface area contributed by atoms with E-state index < -0.39 is 11.8 Å². The summed E-state index contributed by atoms with van der Waals surface area (Å²) in [7, 11) is 1.58. The van der Waals surface area contributed by atoms with E-state index in [-0.39, 0.29) is 12.2 Å². The molecule has 1 aliphatic rings. The first-order valence-corrected chi connectivity index (χ1v) is 12.9. The summed E-state index contributed by atoms with van der Waals surface area (Å²) in [6.45, 7) is 3.01. The van der Waals surface area contributed by atoms with Gasteiger partial charge in [-0.2, -0.15) is 0 Å². The van der Waals surface area contributed by atoms with Crippen molar-refractivity contribution in [2.75, 3.05) is 33.4 Å². The highest BCUT2D eigenvalue weighted by molar-refractivity contribution is 8.22. The van der Waals surface area contributed by atoms with Crippen molar-refractivity contribution in [2.24, 2.45) is 0 Å². The molecule has 37 heavy (non-hydrogen) atoms. The molecule has 1 aliphatic heterocycles. The molecule has 0 saturated carbocycles. The molecule has 1 saturated heterocycles. The number of methoxy groups -OCH3 is 1. The van der Waals surface area contributed by atoms with Crippen LogP contribution in [0.15, 0.2) is 81.9 Å². The number of hydrogen-bond donors (Lipinski definition) is 2. The summed E-state index contributed by atoms with van der Waals surface area (Å²) in [6.07, 6.45) is 1.50. The van der Waals surface area contributed by atoms with Crippen LogP contribution in [0.25, 0.3) is 6.08 Å². The van der Waals surface area contributed by atoms with Gasteiger partial charge in [-0.05, 0) is 53.7 Å². The SMILES string of the molecule is COc1cccc(CNC(=O)/C(=C/c2ccc(SC(=S)N3CCOCC3)o2)NC(=O)c2ccccc2)c1. The first-order chi connectivity index (χ1) is 18.0. The number of amides is 2. The lowest BCUT2D eigenvalue weighted by Crippen LogP contribution is -2.38. The Labute approximate surface area is 225 Å². The van der Waals surface area contributed by atoms with Crippen LogP contribution in [0, 0.1) is 0 Å². The maximum absolute atomic E-state index is 13.1. The summed E-state index contributed by atoms with van der Waals surface area (Å²) >= 11 is 6.87. The van der Waals surface area contributed by atoms with Gasteiger partial charge in [0, 0.05) is 31.3 Å². The lowest BCUT2D eigenvalue weighted by molar-refractivity contribution is -0.117. The number of nitrogens with zero attached hydrogens (tertiary/aromatic N) is 1. The molecule has 0 radical (unpaired) electrons. The molecular weight excluding hydrogens is 510 g/mol. The molecule has 10 heteroatoms. The smallest absolute Gasteiger partial charge is 0.268 e. The van der Waals surface area contributed by atoms with Crippen molar-refractivity contribution in [2.45, 2.75) is 11.6 Å². The second-order valence-electron chi connectivity index (χ2n) is 8.04. The molecule has 1 aromatic heterocycles. The van der Waals surface area contributed by atoms with E-state index >= 15 is 0 Å². The number of carbonyl (C=O) groups excluding carboxylic acids is 2. The van der Waals surface area contributed by atoms with E-state index in [4.69, 9.17) is 26.1 Å². The summed E-state index contributed by atoms with van der Waals surface area (Å²) in [5.41, 5.74) is 1.34. The van der Waals surface area contributed by atoms with E-state index in [1.54, 1.807) is 43.5 Å². The molecule has 2 heterocycles. The molecule has 4 rings (SSSR count). The number of thiocarbonyl (C=S) groups is 1. The van der Waals surface area contributed by atoms with Crippen LogP contribution in [0.4, 0.5) is 0 Å². The van der Waals surface area contributed by atoms with Crippen molar-refractivity contribution < 1.29 is 23.5 Å². The fraction of sp³-hybridized carbons (Fsp3) is 0.222. The van der Waals surface area contributed by atoms with Crippen molar-refractivity contribution in [1.82, 2.24) is 15.5 Å². The van der Waals surface area contributed by atoms with Gasteiger partial charge in [-0.1, -0.05) is 42.5 Å². The fourth-order valence-corrected chi connectivity index (χ4v) is 4.69. The average Bonchev–Trinajstić information content (AvgIpc) is 3.38. The number of benzene rings is 2. The van der Waals surface area contributed by atoms with Crippen molar-refractivity contribution in [1.29, 1.82) is 0 Å². The van der Waals surface area contributed by atoms with Gasteiger partial charge in [0.15, 0.2) is 5.09 Å². The van der Waals surface area contributed by atoms with Gasteiger partial charge < -0.3 is 29.4 Å². The summed E-state index contributed by atoms with van der Waals surface area (Å²) in [5.74, 6) is 0.238. The molecule has 2 aromatic carbocycles. The summed E-state index contributed by atoms with van der Waals surface area (Å²) in [4.78, 5) is 28.0. The number of hydrogen-bond acceptors (Lipinski definition) is 7. The fourth-order valence-electron chi connectivity index (χ4n) is 3.51. The second kappa shape index (κ2) is 13.1. The Morgan fingerprint density at radius 1 is 1.08 bits per heavy atom. The number of ether oxygens (including phenoxy) is 2. The van der Waals surface area contributed by atoms with Crippen LogP contribution in [-0.4, -0.2) is 54.4 Å². The maximum atomic E-state index is 13.1. The second-order valence-corrected chi connectivity index (χ2v) is 9.67. The van der Waals surface area contributed by atoms with Gasteiger partial charge in [-0.15, -0.1) is 0 Å². The summed E-state index contributed by atoms with van der Waals surface area (Å²) < 4.78 is 17.2. The van der Waals surface area contributed by atoms with Crippen LogP contribution in [0.5, 0.6) is 5.75 Å². The predicted octanol–water partition coefficient (Wildman–Crippen LogP) is 4.08. The van der Waals surface area contributed by atoms with Gasteiger partial charge >= 0.3 is 0 Å². The minimum atomic E-state index is -0.457. The summed E-state index contributed by atoms with van der Waals surface area (Å²) in [6, 6.07) is 19.6. The molecule has 0 unspecified atom stereocenters. The van der Waals surface area contributed by atoms with E-state index in [0.717, 1.165) is 18.7 Å². The zero-order valence-electron chi connectivity index (χ0n) is 20.3. The highest BCUT2D eigenvalue weighted by Gasteiger charge is 2.18. The Hall–Kier alpha value is -3.60. The lowest BCUT2D eigenvalue weighted by Gasteiger charge is -2.28. The lowest BCUT2D eigenvalue weighted by atomic mass is 10.2. The molecular formula is C27H27N3O5S2. The zero-order chi connectivity index (χ0) is 26.0. The van der Waals surface area contributed by atoms with E-state index in [0.29, 0.717) is 39.7 Å². The standard InChI is InChI=1S/C27H27N3O5S2/c1-33-21-9-5-6-19(16-21)18-28-26(32)23(29-25(31)20-7-3-2-4-8-20)17-22-10-11-24(35-22)37-27(36)30-12-14-34-15-13-30/h2-11,16-17H,12-15,18H2,1H3,(H,28,32)(H,29,31)/b23-17-. The Morgan fingerprint density at radius 3 is 2.62 bits per heavy atom. The molecule has 1 fully saturated rings. The quantitative estimate of drug-likeness (QED) is 0.252.